The zero-order valence-electron chi connectivity index (χ0n) is 18.7. The minimum Gasteiger partial charge on any atom is -0.496 e. The third kappa shape index (κ3) is 4.91. The normalized spacial score (nSPS) is 19.2. The molecule has 1 amide bonds. The highest BCUT2D eigenvalue weighted by atomic mass is 32.2. The fraction of sp³-hybridized carbons (Fsp3) is 0.348. The lowest BCUT2D eigenvalue weighted by atomic mass is 9.94. The van der Waals surface area contributed by atoms with Gasteiger partial charge in [-0.15, -0.1) is 5.10 Å². The van der Waals surface area contributed by atoms with Gasteiger partial charge in [-0.25, -0.2) is 8.42 Å². The molecule has 4 rings (SSSR count). The highest BCUT2D eigenvalue weighted by Crippen LogP contribution is 2.30. The van der Waals surface area contributed by atoms with Gasteiger partial charge in [0, 0.05) is 18.7 Å². The molecule has 1 fully saturated rings. The fourth-order valence-corrected chi connectivity index (χ4v) is 5.78. The molecule has 9 nitrogen and oxygen atoms in total. The quantitative estimate of drug-likeness (QED) is 0.585. The topological polar surface area (TPSA) is 115 Å². The smallest absolute Gasteiger partial charge is 0.322 e. The molecule has 174 valence electrons. The van der Waals surface area contributed by atoms with Gasteiger partial charge in [0.05, 0.1) is 17.6 Å². The maximum absolute atomic E-state index is 13.0. The van der Waals surface area contributed by atoms with Crippen LogP contribution >= 0.6 is 0 Å². The van der Waals surface area contributed by atoms with Crippen molar-refractivity contribution in [3.05, 3.63) is 54.1 Å². The molecule has 1 aromatic heterocycles. The molecule has 10 heteroatoms. The number of nitrogens with zero attached hydrogens (tertiary/aromatic N) is 3. The predicted molar refractivity (Wildman–Crippen MR) is 122 cm³/mol. The Balaban J connectivity index is 1.47. The van der Waals surface area contributed by atoms with Crippen molar-refractivity contribution in [2.45, 2.75) is 25.2 Å². The monoisotopic (exact) mass is 470 g/mol. The highest BCUT2D eigenvalue weighted by molar-refractivity contribution is 7.89. The molecule has 0 saturated carbocycles. The summed E-state index contributed by atoms with van der Waals surface area (Å²) in [4.78, 5) is 12.8. The number of methoxy groups -OCH3 is 1. The van der Waals surface area contributed by atoms with Gasteiger partial charge in [-0.2, -0.15) is 4.31 Å². The van der Waals surface area contributed by atoms with Crippen molar-refractivity contribution in [3.63, 3.8) is 0 Å². The number of carbonyl (C=O) groups is 1. The first-order chi connectivity index (χ1) is 15.8. The minimum atomic E-state index is -3.61. The molecular formula is C23H26N4O5S. The molecule has 2 aromatic carbocycles. The number of nitrogens with one attached hydrogen (secondary N) is 1. The number of anilines is 1. The van der Waals surface area contributed by atoms with E-state index < -0.39 is 15.9 Å². The van der Waals surface area contributed by atoms with Crippen molar-refractivity contribution < 1.29 is 22.4 Å². The lowest BCUT2D eigenvalue weighted by Crippen LogP contribution is -2.42. The van der Waals surface area contributed by atoms with E-state index >= 15 is 0 Å². The van der Waals surface area contributed by atoms with Gasteiger partial charge in [0.25, 0.3) is 11.8 Å². The number of benzene rings is 2. The van der Waals surface area contributed by atoms with Crippen LogP contribution in [0, 0.1) is 11.8 Å². The number of para-hydroxylation sites is 1. The van der Waals surface area contributed by atoms with Crippen LogP contribution in [0.1, 0.15) is 30.6 Å². The molecule has 3 aromatic rings. The molecule has 0 bridgehead atoms. The van der Waals surface area contributed by atoms with E-state index in [2.05, 4.69) is 29.4 Å². The zero-order valence-corrected chi connectivity index (χ0v) is 19.5. The van der Waals surface area contributed by atoms with Gasteiger partial charge in [-0.1, -0.05) is 31.1 Å². The number of hydrogen-bond donors (Lipinski definition) is 1. The zero-order chi connectivity index (χ0) is 23.6. The maximum Gasteiger partial charge on any atom is 0.322 e. The summed E-state index contributed by atoms with van der Waals surface area (Å²) in [6.07, 6.45) is 1.01. The van der Waals surface area contributed by atoms with Gasteiger partial charge in [0.1, 0.15) is 5.75 Å². The van der Waals surface area contributed by atoms with Crippen LogP contribution in [0.4, 0.5) is 6.01 Å². The molecule has 2 atom stereocenters. The Kier molecular flexibility index (Phi) is 6.48. The van der Waals surface area contributed by atoms with Crippen molar-refractivity contribution in [3.8, 4) is 17.2 Å². The Morgan fingerprint density at radius 1 is 1.06 bits per heavy atom. The van der Waals surface area contributed by atoms with Crippen molar-refractivity contribution in [2.75, 3.05) is 25.5 Å². The summed E-state index contributed by atoms with van der Waals surface area (Å²) in [7, 11) is -2.08. The second-order valence-corrected chi connectivity index (χ2v) is 10.3. The van der Waals surface area contributed by atoms with Crippen LogP contribution in [0.2, 0.25) is 0 Å². The van der Waals surface area contributed by atoms with Crippen LogP contribution < -0.4 is 10.1 Å². The molecule has 1 aliphatic heterocycles. The van der Waals surface area contributed by atoms with Crippen molar-refractivity contribution >= 4 is 21.9 Å². The molecular weight excluding hydrogens is 444 g/mol. The molecule has 1 saturated heterocycles. The predicted octanol–water partition coefficient (Wildman–Crippen LogP) is 3.66. The van der Waals surface area contributed by atoms with Crippen LogP contribution in [0.3, 0.4) is 0 Å². The average Bonchev–Trinajstić information content (AvgIpc) is 3.26. The lowest BCUT2D eigenvalue weighted by molar-refractivity contribution is 0.102. The first-order valence-electron chi connectivity index (χ1n) is 10.7. The van der Waals surface area contributed by atoms with Gasteiger partial charge in [0.2, 0.25) is 10.0 Å². The largest absolute Gasteiger partial charge is 0.496 e. The van der Waals surface area contributed by atoms with E-state index in [1.54, 1.807) is 18.2 Å². The Bertz CT molecular complexity index is 1230. The van der Waals surface area contributed by atoms with Crippen LogP contribution in [-0.4, -0.2) is 49.0 Å². The molecule has 0 spiro atoms. The summed E-state index contributed by atoms with van der Waals surface area (Å²) in [6.45, 7) is 5.12. The molecule has 33 heavy (non-hydrogen) atoms. The van der Waals surface area contributed by atoms with Gasteiger partial charge in [-0.05, 0) is 54.7 Å². The molecule has 0 aliphatic carbocycles. The second kappa shape index (κ2) is 9.32. The van der Waals surface area contributed by atoms with Gasteiger partial charge < -0.3 is 9.15 Å². The lowest BCUT2D eigenvalue weighted by Gasteiger charge is -2.34. The number of aromatic nitrogens is 2. The number of sulfonamides is 1. The third-order valence-electron chi connectivity index (χ3n) is 5.57. The van der Waals surface area contributed by atoms with E-state index in [9.17, 15) is 13.2 Å². The molecule has 2 heterocycles. The Morgan fingerprint density at radius 3 is 2.39 bits per heavy atom. The van der Waals surface area contributed by atoms with Gasteiger partial charge in [0.15, 0.2) is 0 Å². The van der Waals surface area contributed by atoms with Crippen LogP contribution in [-0.2, 0) is 10.0 Å². The van der Waals surface area contributed by atoms with E-state index in [-0.39, 0.29) is 22.4 Å². The standard InChI is InChI=1S/C23H26N4O5S/c1-15-12-16(2)14-27(13-15)33(29,30)18-10-8-17(9-11-18)21(28)24-23-26-25-22(32-23)19-6-4-5-7-20(19)31-3/h4-11,15-16H,12-14H2,1-3H3,(H,24,26,28)/t15-,16-/m0/s1. The van der Waals surface area contributed by atoms with E-state index in [1.807, 2.05) is 6.07 Å². The van der Waals surface area contributed by atoms with Crippen LogP contribution in [0.5, 0.6) is 5.75 Å². The Hall–Kier alpha value is -3.24. The number of rotatable bonds is 6. The Morgan fingerprint density at radius 2 is 1.73 bits per heavy atom. The van der Waals surface area contributed by atoms with E-state index in [1.165, 1.54) is 35.7 Å². The average molecular weight is 471 g/mol. The number of carbonyl (C=O) groups excluding carboxylic acids is 1. The van der Waals surface area contributed by atoms with Crippen LogP contribution in [0.15, 0.2) is 57.8 Å². The summed E-state index contributed by atoms with van der Waals surface area (Å²) in [5.74, 6) is 0.893. The van der Waals surface area contributed by atoms with Crippen molar-refractivity contribution in [1.82, 2.24) is 14.5 Å². The second-order valence-electron chi connectivity index (χ2n) is 8.36. The molecule has 1 aliphatic rings. The summed E-state index contributed by atoms with van der Waals surface area (Å²) in [6, 6.07) is 12.9. The number of ether oxygens (including phenoxy) is 1. The number of piperidine rings is 1. The Labute approximate surface area is 192 Å². The van der Waals surface area contributed by atoms with E-state index in [0.717, 1.165) is 6.42 Å². The number of hydrogen-bond acceptors (Lipinski definition) is 7. The molecule has 0 unspecified atom stereocenters. The van der Waals surface area contributed by atoms with Crippen LogP contribution in [0.25, 0.3) is 11.5 Å². The maximum atomic E-state index is 13.0. The van der Waals surface area contributed by atoms with Crippen molar-refractivity contribution in [1.29, 1.82) is 0 Å². The summed E-state index contributed by atoms with van der Waals surface area (Å²) in [5.41, 5.74) is 0.871. The fourth-order valence-electron chi connectivity index (χ4n) is 4.10. The molecule has 0 radical (unpaired) electrons. The number of amides is 1. The SMILES string of the molecule is COc1ccccc1-c1nnc(NC(=O)c2ccc(S(=O)(=O)N3C[C@@H](C)C[C@H](C)C3)cc2)o1. The van der Waals surface area contributed by atoms with Gasteiger partial charge in [-0.3, -0.25) is 10.1 Å². The molecule has 1 N–H and O–H groups in total. The summed E-state index contributed by atoms with van der Waals surface area (Å²) < 4.78 is 38.4. The highest BCUT2D eigenvalue weighted by Gasteiger charge is 2.31. The van der Waals surface area contributed by atoms with Gasteiger partial charge >= 0.3 is 6.01 Å². The minimum absolute atomic E-state index is 0.0751. The van der Waals surface area contributed by atoms with E-state index in [0.29, 0.717) is 36.2 Å². The third-order valence-corrected chi connectivity index (χ3v) is 7.42. The van der Waals surface area contributed by atoms with Crippen molar-refractivity contribution in [2.24, 2.45) is 11.8 Å². The summed E-state index contributed by atoms with van der Waals surface area (Å²) in [5, 5.41) is 10.4. The van der Waals surface area contributed by atoms with E-state index in [4.69, 9.17) is 9.15 Å². The first kappa shape index (κ1) is 22.9. The first-order valence-corrected chi connectivity index (χ1v) is 12.1. The summed E-state index contributed by atoms with van der Waals surface area (Å²) >= 11 is 0.